The Morgan fingerprint density at radius 1 is 1.22 bits per heavy atom. The highest BCUT2D eigenvalue weighted by Crippen LogP contribution is 2.14. The van der Waals surface area contributed by atoms with Crippen LogP contribution in [0.25, 0.3) is 17.5 Å². The summed E-state index contributed by atoms with van der Waals surface area (Å²) in [5.41, 5.74) is 1.75. The van der Waals surface area contributed by atoms with Gasteiger partial charge in [0, 0.05) is 17.8 Å². The second-order valence-electron chi connectivity index (χ2n) is 3.49. The third-order valence-electron chi connectivity index (χ3n) is 2.17. The van der Waals surface area contributed by atoms with Crippen LogP contribution in [0.1, 0.15) is 0 Å². The fourth-order valence-corrected chi connectivity index (χ4v) is 1.37. The molecule has 2 aromatic rings. The van der Waals surface area contributed by atoms with Gasteiger partial charge in [0.1, 0.15) is 5.69 Å². The summed E-state index contributed by atoms with van der Waals surface area (Å²) >= 11 is 0. The molecule has 0 bridgehead atoms. The molecule has 1 aromatic heterocycles. The van der Waals surface area contributed by atoms with Crippen molar-refractivity contribution in [1.29, 1.82) is 0 Å². The fraction of sp³-hybridized carbons (Fsp3) is 0. The van der Waals surface area contributed by atoms with E-state index in [0.29, 0.717) is 0 Å². The van der Waals surface area contributed by atoms with Gasteiger partial charge in [-0.1, -0.05) is 41.6 Å². The number of benzene rings is 1. The molecule has 90 valence electrons. The zero-order valence-electron chi connectivity index (χ0n) is 9.47. The number of carbonyl (C=O) groups is 1. The number of carboxylic acid groups (broad SMARTS) is 1. The molecule has 0 aliphatic carbocycles. The molecule has 5 heteroatoms. The topological polar surface area (TPSA) is 68.0 Å². The van der Waals surface area contributed by atoms with Crippen LogP contribution in [0.5, 0.6) is 0 Å². The van der Waals surface area contributed by atoms with E-state index in [2.05, 4.69) is 10.3 Å². The quantitative estimate of drug-likeness (QED) is 0.657. The van der Waals surface area contributed by atoms with Crippen LogP contribution in [0.2, 0.25) is 0 Å². The van der Waals surface area contributed by atoms with E-state index in [4.69, 9.17) is 5.11 Å². The smallest absolute Gasteiger partial charge is 0.328 e. The van der Waals surface area contributed by atoms with Gasteiger partial charge in [-0.05, 0) is 6.08 Å². The van der Waals surface area contributed by atoms with E-state index in [1.807, 2.05) is 30.3 Å². The fourth-order valence-electron chi connectivity index (χ4n) is 1.37. The minimum atomic E-state index is -0.983. The second kappa shape index (κ2) is 5.58. The summed E-state index contributed by atoms with van der Waals surface area (Å²) in [5.74, 6) is -0.983. The minimum absolute atomic E-state index is 0.766. The van der Waals surface area contributed by atoms with Crippen molar-refractivity contribution in [2.45, 2.75) is 0 Å². The van der Waals surface area contributed by atoms with Gasteiger partial charge in [0.2, 0.25) is 0 Å². The number of rotatable bonds is 4. The third kappa shape index (κ3) is 3.15. The first-order chi connectivity index (χ1) is 8.75. The zero-order chi connectivity index (χ0) is 12.8. The first kappa shape index (κ1) is 11.8. The van der Waals surface area contributed by atoms with Gasteiger partial charge in [-0.25, -0.2) is 9.48 Å². The van der Waals surface area contributed by atoms with Crippen LogP contribution in [-0.4, -0.2) is 26.1 Å². The summed E-state index contributed by atoms with van der Waals surface area (Å²) in [5, 5.41) is 16.3. The van der Waals surface area contributed by atoms with Crippen molar-refractivity contribution >= 4 is 12.2 Å². The normalized spacial score (nSPS) is 11.3. The molecule has 0 fully saturated rings. The third-order valence-corrected chi connectivity index (χ3v) is 2.17. The number of aromatic nitrogens is 3. The highest BCUT2D eigenvalue weighted by Gasteiger charge is 2.00. The Labute approximate surface area is 104 Å². The average Bonchev–Trinajstić information content (AvgIpc) is 2.84. The average molecular weight is 241 g/mol. The van der Waals surface area contributed by atoms with E-state index in [0.717, 1.165) is 17.3 Å². The predicted octanol–water partition coefficient (Wildman–Crippen LogP) is 2.06. The van der Waals surface area contributed by atoms with Gasteiger partial charge in [-0.3, -0.25) is 0 Å². The van der Waals surface area contributed by atoms with Gasteiger partial charge >= 0.3 is 5.97 Å². The largest absolute Gasteiger partial charge is 0.478 e. The summed E-state index contributed by atoms with van der Waals surface area (Å²) in [6.45, 7) is 0. The van der Waals surface area contributed by atoms with Gasteiger partial charge in [0.15, 0.2) is 0 Å². The molecule has 1 N–H and O–H groups in total. The molecule has 2 rings (SSSR count). The highest BCUT2D eigenvalue weighted by molar-refractivity contribution is 5.80. The molecular weight excluding hydrogens is 230 g/mol. The van der Waals surface area contributed by atoms with Crippen LogP contribution < -0.4 is 0 Å². The summed E-state index contributed by atoms with van der Waals surface area (Å²) in [6.07, 6.45) is 7.44. The maximum atomic E-state index is 10.2. The van der Waals surface area contributed by atoms with E-state index < -0.39 is 5.97 Å². The molecule has 0 saturated heterocycles. The molecule has 0 aliphatic heterocycles. The lowest BCUT2D eigenvalue weighted by Gasteiger charge is -1.91. The standard InChI is InChI=1S/C13H11N3O2/c17-13(18)8-4-5-9-16-10-12(14-15-16)11-6-2-1-3-7-11/h1-10H,(H,17,18)/b8-4+,9-5+. The van der Waals surface area contributed by atoms with Gasteiger partial charge < -0.3 is 5.11 Å². The lowest BCUT2D eigenvalue weighted by Crippen LogP contribution is -1.86. The maximum absolute atomic E-state index is 10.2. The summed E-state index contributed by atoms with van der Waals surface area (Å²) < 4.78 is 1.52. The van der Waals surface area contributed by atoms with E-state index in [1.54, 1.807) is 18.5 Å². The molecule has 18 heavy (non-hydrogen) atoms. The van der Waals surface area contributed by atoms with Crippen LogP contribution in [0.15, 0.2) is 54.8 Å². The van der Waals surface area contributed by atoms with Crippen LogP contribution in [0.3, 0.4) is 0 Å². The molecule has 0 atom stereocenters. The minimum Gasteiger partial charge on any atom is -0.478 e. The molecule has 0 unspecified atom stereocenters. The lowest BCUT2D eigenvalue weighted by molar-refractivity contribution is -0.131. The summed E-state index contributed by atoms with van der Waals surface area (Å²) in [4.78, 5) is 10.2. The Hall–Kier alpha value is -2.69. The van der Waals surface area contributed by atoms with Gasteiger partial charge in [-0.2, -0.15) is 0 Å². The first-order valence-electron chi connectivity index (χ1n) is 5.31. The Morgan fingerprint density at radius 3 is 2.72 bits per heavy atom. The van der Waals surface area contributed by atoms with Crippen molar-refractivity contribution < 1.29 is 9.90 Å². The predicted molar refractivity (Wildman–Crippen MR) is 67.6 cm³/mol. The zero-order valence-corrected chi connectivity index (χ0v) is 9.47. The summed E-state index contributed by atoms with van der Waals surface area (Å²) in [7, 11) is 0. The molecule has 5 nitrogen and oxygen atoms in total. The van der Waals surface area contributed by atoms with Gasteiger partial charge in [0.05, 0.1) is 6.20 Å². The van der Waals surface area contributed by atoms with Crippen molar-refractivity contribution in [1.82, 2.24) is 15.0 Å². The van der Waals surface area contributed by atoms with Crippen LogP contribution >= 0.6 is 0 Å². The van der Waals surface area contributed by atoms with E-state index >= 15 is 0 Å². The maximum Gasteiger partial charge on any atom is 0.328 e. The van der Waals surface area contributed by atoms with Crippen LogP contribution in [0.4, 0.5) is 0 Å². The molecular formula is C13H11N3O2. The van der Waals surface area contributed by atoms with Crippen molar-refractivity contribution in [3.63, 3.8) is 0 Å². The van der Waals surface area contributed by atoms with E-state index in [-0.39, 0.29) is 0 Å². The Morgan fingerprint density at radius 2 is 2.00 bits per heavy atom. The van der Waals surface area contributed by atoms with Crippen LogP contribution in [-0.2, 0) is 4.79 Å². The molecule has 0 saturated carbocycles. The number of carboxylic acids is 1. The monoisotopic (exact) mass is 241 g/mol. The lowest BCUT2D eigenvalue weighted by atomic mass is 10.2. The second-order valence-corrected chi connectivity index (χ2v) is 3.49. The number of hydrogen-bond donors (Lipinski definition) is 1. The molecule has 1 heterocycles. The number of allylic oxidation sites excluding steroid dienone is 2. The van der Waals surface area contributed by atoms with Crippen molar-refractivity contribution in [3.05, 3.63) is 54.8 Å². The Bertz CT molecular complexity index is 585. The number of aliphatic carboxylic acids is 1. The molecule has 0 radical (unpaired) electrons. The van der Waals surface area contributed by atoms with Crippen molar-refractivity contribution in [2.75, 3.05) is 0 Å². The molecule has 0 spiro atoms. The SMILES string of the molecule is O=C(O)/C=C/C=C/n1cc(-c2ccccc2)nn1. The molecule has 0 amide bonds. The summed E-state index contributed by atoms with van der Waals surface area (Å²) in [6, 6.07) is 9.69. The van der Waals surface area contributed by atoms with Crippen molar-refractivity contribution in [3.8, 4) is 11.3 Å². The van der Waals surface area contributed by atoms with E-state index in [1.165, 1.54) is 10.8 Å². The van der Waals surface area contributed by atoms with E-state index in [9.17, 15) is 4.79 Å². The van der Waals surface area contributed by atoms with Crippen LogP contribution in [0, 0.1) is 0 Å². The Kier molecular flexibility index (Phi) is 3.66. The molecule has 0 aliphatic rings. The van der Waals surface area contributed by atoms with Crippen molar-refractivity contribution in [2.24, 2.45) is 0 Å². The van der Waals surface area contributed by atoms with Gasteiger partial charge in [-0.15, -0.1) is 5.10 Å². The number of hydrogen-bond acceptors (Lipinski definition) is 3. The molecule has 1 aromatic carbocycles. The highest BCUT2D eigenvalue weighted by atomic mass is 16.4. The Balaban J connectivity index is 2.09. The van der Waals surface area contributed by atoms with Gasteiger partial charge in [0.25, 0.3) is 0 Å². The first-order valence-corrected chi connectivity index (χ1v) is 5.31. The number of nitrogens with zero attached hydrogens (tertiary/aromatic N) is 3.